The summed E-state index contributed by atoms with van der Waals surface area (Å²) in [4.78, 5) is 6.69. The molecule has 2 aliphatic rings. The molecule has 1 aliphatic carbocycles. The summed E-state index contributed by atoms with van der Waals surface area (Å²) < 4.78 is 2.03. The van der Waals surface area contributed by atoms with Crippen LogP contribution in [0.25, 0.3) is 0 Å². The molecule has 0 N–H and O–H groups in total. The van der Waals surface area contributed by atoms with Gasteiger partial charge >= 0.3 is 0 Å². The highest BCUT2D eigenvalue weighted by atomic mass is 15.3. The van der Waals surface area contributed by atoms with Gasteiger partial charge in [0.25, 0.3) is 0 Å². The molecule has 98 valence electrons. The van der Waals surface area contributed by atoms with Crippen molar-refractivity contribution in [3.63, 3.8) is 0 Å². The van der Waals surface area contributed by atoms with Gasteiger partial charge in [-0.15, -0.1) is 0 Å². The predicted octanol–water partition coefficient (Wildman–Crippen LogP) is 2.27. The molecule has 0 aromatic carbocycles. The van der Waals surface area contributed by atoms with Gasteiger partial charge in [0, 0.05) is 13.1 Å². The van der Waals surface area contributed by atoms with Crippen molar-refractivity contribution in [1.82, 2.24) is 19.7 Å². The molecule has 1 fully saturated rings. The van der Waals surface area contributed by atoms with E-state index in [2.05, 4.69) is 27.1 Å². The van der Waals surface area contributed by atoms with Gasteiger partial charge in [0.1, 0.15) is 12.7 Å². The third kappa shape index (κ3) is 2.80. The lowest BCUT2D eigenvalue weighted by atomic mass is 9.93. The Bertz CT molecular complexity index is 385. The van der Waals surface area contributed by atoms with Crippen molar-refractivity contribution in [1.29, 1.82) is 0 Å². The van der Waals surface area contributed by atoms with E-state index < -0.39 is 0 Å². The topological polar surface area (TPSA) is 34.0 Å². The largest absolute Gasteiger partial charge is 0.301 e. The van der Waals surface area contributed by atoms with Crippen molar-refractivity contribution in [3.05, 3.63) is 24.8 Å². The summed E-state index contributed by atoms with van der Waals surface area (Å²) in [7, 11) is 0. The second-order valence-corrected chi connectivity index (χ2v) is 5.58. The van der Waals surface area contributed by atoms with E-state index >= 15 is 0 Å². The molecule has 4 heteroatoms. The van der Waals surface area contributed by atoms with Gasteiger partial charge in [-0.1, -0.05) is 12.2 Å². The van der Waals surface area contributed by atoms with E-state index in [-0.39, 0.29) is 0 Å². The van der Waals surface area contributed by atoms with Crippen molar-refractivity contribution in [3.8, 4) is 0 Å². The molecule has 1 aliphatic heterocycles. The summed E-state index contributed by atoms with van der Waals surface area (Å²) >= 11 is 0. The van der Waals surface area contributed by atoms with Gasteiger partial charge in [0.2, 0.25) is 0 Å². The maximum atomic E-state index is 4.29. The van der Waals surface area contributed by atoms with Crippen LogP contribution in [-0.4, -0.2) is 39.3 Å². The normalized spacial score (nSPS) is 29.6. The van der Waals surface area contributed by atoms with E-state index in [0.29, 0.717) is 6.04 Å². The van der Waals surface area contributed by atoms with E-state index in [0.717, 1.165) is 12.5 Å². The fourth-order valence-electron chi connectivity index (χ4n) is 3.21. The standard InChI is InChI=1S/C14H22N4/c1-2-5-13(6-3-1)9-17-8-4-7-14(10-17)18-12-15-11-16-18/h1-2,11-14H,3-10H2/t13-,14+/m1/s1. The minimum absolute atomic E-state index is 0.528. The smallest absolute Gasteiger partial charge is 0.137 e. The van der Waals surface area contributed by atoms with Crippen LogP contribution >= 0.6 is 0 Å². The quantitative estimate of drug-likeness (QED) is 0.767. The highest BCUT2D eigenvalue weighted by Crippen LogP contribution is 2.24. The molecule has 0 amide bonds. The van der Waals surface area contributed by atoms with Crippen molar-refractivity contribution in [2.75, 3.05) is 19.6 Å². The number of rotatable bonds is 3. The van der Waals surface area contributed by atoms with Gasteiger partial charge in [-0.3, -0.25) is 0 Å². The summed E-state index contributed by atoms with van der Waals surface area (Å²) in [6.45, 7) is 3.66. The number of piperidine rings is 1. The number of likely N-dealkylation sites (tertiary alicyclic amines) is 1. The first-order chi connectivity index (χ1) is 8.92. The minimum Gasteiger partial charge on any atom is -0.301 e. The van der Waals surface area contributed by atoms with Crippen LogP contribution in [0, 0.1) is 5.92 Å². The van der Waals surface area contributed by atoms with Gasteiger partial charge in [-0.05, 0) is 44.6 Å². The zero-order chi connectivity index (χ0) is 12.2. The molecule has 3 rings (SSSR count). The second kappa shape index (κ2) is 5.65. The summed E-state index contributed by atoms with van der Waals surface area (Å²) in [6, 6.07) is 0.528. The van der Waals surface area contributed by atoms with Crippen molar-refractivity contribution in [2.24, 2.45) is 5.92 Å². The number of nitrogens with zero attached hydrogens (tertiary/aromatic N) is 4. The van der Waals surface area contributed by atoms with Gasteiger partial charge in [0.05, 0.1) is 6.04 Å². The lowest BCUT2D eigenvalue weighted by Crippen LogP contribution is -2.39. The number of hydrogen-bond donors (Lipinski definition) is 0. The van der Waals surface area contributed by atoms with Gasteiger partial charge in [-0.25, -0.2) is 9.67 Å². The Balaban J connectivity index is 1.55. The highest BCUT2D eigenvalue weighted by molar-refractivity contribution is 4.91. The number of hydrogen-bond acceptors (Lipinski definition) is 3. The molecule has 0 spiro atoms. The monoisotopic (exact) mass is 246 g/mol. The third-order valence-electron chi connectivity index (χ3n) is 4.19. The molecular formula is C14H22N4. The molecule has 1 aromatic heterocycles. The van der Waals surface area contributed by atoms with Crippen LogP contribution in [-0.2, 0) is 0 Å². The van der Waals surface area contributed by atoms with Gasteiger partial charge in [0.15, 0.2) is 0 Å². The molecular weight excluding hydrogens is 224 g/mol. The molecule has 0 bridgehead atoms. The fourth-order valence-corrected chi connectivity index (χ4v) is 3.21. The van der Waals surface area contributed by atoms with Crippen LogP contribution in [0.2, 0.25) is 0 Å². The Labute approximate surface area is 109 Å². The van der Waals surface area contributed by atoms with Crippen LogP contribution < -0.4 is 0 Å². The van der Waals surface area contributed by atoms with E-state index in [1.807, 2.05) is 11.0 Å². The van der Waals surface area contributed by atoms with Gasteiger partial charge < -0.3 is 4.90 Å². The Hall–Kier alpha value is -1.16. The summed E-state index contributed by atoms with van der Waals surface area (Å²) in [6.07, 6.45) is 14.6. The maximum absolute atomic E-state index is 4.29. The average molecular weight is 246 g/mol. The van der Waals surface area contributed by atoms with Crippen LogP contribution in [0.4, 0.5) is 0 Å². The van der Waals surface area contributed by atoms with Crippen LogP contribution in [0.5, 0.6) is 0 Å². The van der Waals surface area contributed by atoms with Crippen molar-refractivity contribution < 1.29 is 0 Å². The highest BCUT2D eigenvalue weighted by Gasteiger charge is 2.23. The second-order valence-electron chi connectivity index (χ2n) is 5.58. The average Bonchev–Trinajstić information content (AvgIpc) is 2.94. The Morgan fingerprint density at radius 3 is 3.00 bits per heavy atom. The summed E-state index contributed by atoms with van der Waals surface area (Å²) in [5.41, 5.74) is 0. The lowest BCUT2D eigenvalue weighted by Gasteiger charge is -2.35. The predicted molar refractivity (Wildman–Crippen MR) is 71.2 cm³/mol. The van der Waals surface area contributed by atoms with Crippen LogP contribution in [0.3, 0.4) is 0 Å². The molecule has 1 aromatic rings. The summed E-state index contributed by atoms with van der Waals surface area (Å²) in [5.74, 6) is 0.865. The molecule has 2 atom stereocenters. The van der Waals surface area contributed by atoms with Crippen LogP contribution in [0.15, 0.2) is 24.8 Å². The molecule has 0 radical (unpaired) electrons. The lowest BCUT2D eigenvalue weighted by molar-refractivity contribution is 0.144. The van der Waals surface area contributed by atoms with E-state index in [1.165, 1.54) is 45.2 Å². The van der Waals surface area contributed by atoms with Crippen molar-refractivity contribution >= 4 is 0 Å². The Morgan fingerprint density at radius 2 is 2.22 bits per heavy atom. The van der Waals surface area contributed by atoms with Crippen molar-refractivity contribution in [2.45, 2.75) is 38.1 Å². The zero-order valence-corrected chi connectivity index (χ0v) is 10.9. The molecule has 4 nitrogen and oxygen atoms in total. The zero-order valence-electron chi connectivity index (χ0n) is 10.9. The Kier molecular flexibility index (Phi) is 3.74. The molecule has 1 saturated heterocycles. The number of aromatic nitrogens is 3. The first kappa shape index (κ1) is 11.9. The number of allylic oxidation sites excluding steroid dienone is 2. The van der Waals surface area contributed by atoms with E-state index in [9.17, 15) is 0 Å². The third-order valence-corrected chi connectivity index (χ3v) is 4.19. The molecule has 0 saturated carbocycles. The first-order valence-electron chi connectivity index (χ1n) is 7.13. The fraction of sp³-hybridized carbons (Fsp3) is 0.714. The minimum atomic E-state index is 0.528. The van der Waals surface area contributed by atoms with E-state index in [4.69, 9.17) is 0 Å². The van der Waals surface area contributed by atoms with Gasteiger partial charge in [-0.2, -0.15) is 5.10 Å². The summed E-state index contributed by atoms with van der Waals surface area (Å²) in [5, 5.41) is 4.29. The van der Waals surface area contributed by atoms with E-state index in [1.54, 1.807) is 6.33 Å². The maximum Gasteiger partial charge on any atom is 0.137 e. The molecule has 18 heavy (non-hydrogen) atoms. The molecule has 0 unspecified atom stereocenters. The Morgan fingerprint density at radius 1 is 1.22 bits per heavy atom. The first-order valence-corrected chi connectivity index (χ1v) is 7.13. The van der Waals surface area contributed by atoms with Crippen LogP contribution in [0.1, 0.15) is 38.1 Å². The SMILES string of the molecule is C1=CC[C@@H](CN2CCC[C@H](n3cncn3)C2)CC1. The molecule has 2 heterocycles.